The molecule has 1 amide bonds. The Balaban J connectivity index is 1.63. The molecule has 0 atom stereocenters. The van der Waals surface area contributed by atoms with Gasteiger partial charge in [-0.15, -0.1) is 0 Å². The number of nitrogens with one attached hydrogen (secondary N) is 2. The van der Waals surface area contributed by atoms with Crippen LogP contribution < -0.4 is 15.5 Å². The summed E-state index contributed by atoms with van der Waals surface area (Å²) < 4.78 is 0. The van der Waals surface area contributed by atoms with Crippen LogP contribution in [-0.2, 0) is 4.79 Å². The number of aromatic nitrogens is 2. The lowest BCUT2D eigenvalue weighted by Gasteiger charge is -2.34. The van der Waals surface area contributed by atoms with E-state index in [4.69, 9.17) is 0 Å². The molecule has 0 unspecified atom stereocenters. The van der Waals surface area contributed by atoms with Crippen molar-refractivity contribution in [2.75, 3.05) is 51.2 Å². The van der Waals surface area contributed by atoms with Crippen LogP contribution in [0.4, 0.5) is 5.95 Å². The smallest absolute Gasteiger partial charge is 0.225 e. The molecular weight excluding hydrogens is 342 g/mol. The molecule has 1 aliphatic heterocycles. The number of piperazine rings is 1. The third-order valence-electron chi connectivity index (χ3n) is 4.57. The quantitative estimate of drug-likeness (QED) is 0.402. The monoisotopic (exact) mass is 375 g/mol. The molecule has 2 heterocycles. The molecule has 1 aromatic rings. The van der Waals surface area contributed by atoms with Gasteiger partial charge >= 0.3 is 0 Å². The van der Waals surface area contributed by atoms with Crippen LogP contribution in [0.5, 0.6) is 0 Å². The number of amides is 1. The molecular formula is C19H33N7O. The van der Waals surface area contributed by atoms with Crippen LogP contribution in [0.25, 0.3) is 0 Å². The van der Waals surface area contributed by atoms with Gasteiger partial charge in [-0.25, -0.2) is 9.97 Å². The lowest BCUT2D eigenvalue weighted by atomic mass is 10.1. The summed E-state index contributed by atoms with van der Waals surface area (Å²) in [6.45, 7) is 8.89. The zero-order valence-corrected chi connectivity index (χ0v) is 16.8. The Labute approximate surface area is 162 Å². The number of rotatable bonds is 8. The molecule has 2 N–H and O–H groups in total. The normalized spacial score (nSPS) is 15.2. The molecule has 8 heteroatoms. The highest BCUT2D eigenvalue weighted by Crippen LogP contribution is 2.10. The summed E-state index contributed by atoms with van der Waals surface area (Å²) in [5, 5.41) is 6.52. The van der Waals surface area contributed by atoms with Gasteiger partial charge in [0.05, 0.1) is 0 Å². The second-order valence-corrected chi connectivity index (χ2v) is 7.13. The SMILES string of the molecule is CN=C(NCCCC(C)C)NCCC(=O)N1CCN(c2ncccn2)CC1. The van der Waals surface area contributed by atoms with E-state index in [1.165, 1.54) is 6.42 Å². The van der Waals surface area contributed by atoms with Gasteiger partial charge < -0.3 is 20.4 Å². The summed E-state index contributed by atoms with van der Waals surface area (Å²) in [5.41, 5.74) is 0. The summed E-state index contributed by atoms with van der Waals surface area (Å²) in [5.74, 6) is 2.39. The van der Waals surface area contributed by atoms with E-state index < -0.39 is 0 Å². The van der Waals surface area contributed by atoms with Crippen molar-refractivity contribution in [2.24, 2.45) is 10.9 Å². The van der Waals surface area contributed by atoms with Gasteiger partial charge in [-0.05, 0) is 24.8 Å². The molecule has 0 aliphatic carbocycles. The molecule has 1 fully saturated rings. The fourth-order valence-electron chi connectivity index (χ4n) is 2.99. The van der Waals surface area contributed by atoms with E-state index in [1.807, 2.05) is 11.0 Å². The summed E-state index contributed by atoms with van der Waals surface area (Å²) in [6.07, 6.45) is 6.27. The molecule has 150 valence electrons. The average molecular weight is 376 g/mol. The highest BCUT2D eigenvalue weighted by Gasteiger charge is 2.22. The van der Waals surface area contributed by atoms with Crippen molar-refractivity contribution in [1.82, 2.24) is 25.5 Å². The molecule has 2 rings (SSSR count). The third-order valence-corrected chi connectivity index (χ3v) is 4.57. The minimum atomic E-state index is 0.173. The lowest BCUT2D eigenvalue weighted by Crippen LogP contribution is -2.50. The van der Waals surface area contributed by atoms with Crippen molar-refractivity contribution in [1.29, 1.82) is 0 Å². The Morgan fingerprint density at radius 1 is 1.15 bits per heavy atom. The molecule has 1 aromatic heterocycles. The summed E-state index contributed by atoms with van der Waals surface area (Å²) in [7, 11) is 1.75. The largest absolute Gasteiger partial charge is 0.356 e. The maximum absolute atomic E-state index is 12.4. The lowest BCUT2D eigenvalue weighted by molar-refractivity contribution is -0.131. The van der Waals surface area contributed by atoms with E-state index in [1.54, 1.807) is 19.4 Å². The molecule has 0 spiro atoms. The predicted octanol–water partition coefficient (Wildman–Crippen LogP) is 1.12. The first-order valence-corrected chi connectivity index (χ1v) is 9.84. The van der Waals surface area contributed by atoms with E-state index in [2.05, 4.69) is 44.3 Å². The van der Waals surface area contributed by atoms with Gasteiger partial charge in [0.25, 0.3) is 0 Å². The van der Waals surface area contributed by atoms with Crippen LogP contribution in [0.2, 0.25) is 0 Å². The Kier molecular flexibility index (Phi) is 8.80. The maximum atomic E-state index is 12.4. The maximum Gasteiger partial charge on any atom is 0.225 e. The van der Waals surface area contributed by atoms with Crippen LogP contribution in [-0.4, -0.2) is 73.1 Å². The second kappa shape index (κ2) is 11.4. The Hall–Kier alpha value is -2.38. The molecule has 0 aromatic carbocycles. The zero-order chi connectivity index (χ0) is 19.5. The molecule has 0 bridgehead atoms. The number of guanidine groups is 1. The van der Waals surface area contributed by atoms with Gasteiger partial charge in [-0.2, -0.15) is 0 Å². The van der Waals surface area contributed by atoms with Crippen LogP contribution >= 0.6 is 0 Å². The second-order valence-electron chi connectivity index (χ2n) is 7.13. The van der Waals surface area contributed by atoms with Crippen LogP contribution in [0.3, 0.4) is 0 Å². The van der Waals surface area contributed by atoms with Crippen LogP contribution in [0.1, 0.15) is 33.1 Å². The summed E-state index contributed by atoms with van der Waals surface area (Å²) >= 11 is 0. The van der Waals surface area contributed by atoms with Gasteiger partial charge in [-0.1, -0.05) is 13.8 Å². The average Bonchev–Trinajstić information content (AvgIpc) is 2.70. The number of hydrogen-bond donors (Lipinski definition) is 2. The van der Waals surface area contributed by atoms with Gasteiger partial charge in [0, 0.05) is 65.1 Å². The minimum absolute atomic E-state index is 0.173. The number of carbonyl (C=O) groups is 1. The number of carbonyl (C=O) groups excluding carboxylic acids is 1. The van der Waals surface area contributed by atoms with Gasteiger partial charge in [0.2, 0.25) is 11.9 Å². The topological polar surface area (TPSA) is 85.8 Å². The molecule has 0 radical (unpaired) electrons. The highest BCUT2D eigenvalue weighted by molar-refractivity contribution is 5.81. The molecule has 1 aliphatic rings. The van der Waals surface area contributed by atoms with Gasteiger partial charge in [-0.3, -0.25) is 9.79 Å². The Morgan fingerprint density at radius 2 is 1.81 bits per heavy atom. The standard InChI is InChI=1S/C19H33N7O/c1-16(2)6-4-8-21-18(20-3)22-11-7-17(27)25-12-14-26(15-13-25)19-23-9-5-10-24-19/h5,9-10,16H,4,6-8,11-15H2,1-3H3,(H2,20,21,22). The van der Waals surface area contributed by atoms with Crippen molar-refractivity contribution >= 4 is 17.8 Å². The van der Waals surface area contributed by atoms with Crippen LogP contribution in [0.15, 0.2) is 23.5 Å². The van der Waals surface area contributed by atoms with Gasteiger partial charge in [0.15, 0.2) is 5.96 Å². The van der Waals surface area contributed by atoms with Crippen molar-refractivity contribution < 1.29 is 4.79 Å². The minimum Gasteiger partial charge on any atom is -0.356 e. The number of aliphatic imine (C=N–C) groups is 1. The van der Waals surface area contributed by atoms with Gasteiger partial charge in [0.1, 0.15) is 0 Å². The third kappa shape index (κ3) is 7.40. The van der Waals surface area contributed by atoms with Crippen molar-refractivity contribution in [3.05, 3.63) is 18.5 Å². The van der Waals surface area contributed by atoms with E-state index in [0.717, 1.165) is 38.0 Å². The Bertz CT molecular complexity index is 583. The van der Waals surface area contributed by atoms with Crippen molar-refractivity contribution in [3.8, 4) is 0 Å². The molecule has 1 saturated heterocycles. The fourth-order valence-corrected chi connectivity index (χ4v) is 2.99. The predicted molar refractivity (Wildman–Crippen MR) is 109 cm³/mol. The van der Waals surface area contributed by atoms with Crippen LogP contribution in [0, 0.1) is 5.92 Å². The highest BCUT2D eigenvalue weighted by atomic mass is 16.2. The first-order chi connectivity index (χ1) is 13.1. The Morgan fingerprint density at radius 3 is 2.44 bits per heavy atom. The van der Waals surface area contributed by atoms with E-state index in [0.29, 0.717) is 32.0 Å². The number of nitrogens with zero attached hydrogens (tertiary/aromatic N) is 5. The summed E-state index contributed by atoms with van der Waals surface area (Å²) in [6, 6.07) is 1.81. The van der Waals surface area contributed by atoms with E-state index in [9.17, 15) is 4.79 Å². The van der Waals surface area contributed by atoms with Crippen molar-refractivity contribution in [2.45, 2.75) is 33.1 Å². The number of anilines is 1. The first kappa shape index (κ1) is 20.9. The first-order valence-electron chi connectivity index (χ1n) is 9.84. The molecule has 0 saturated carbocycles. The van der Waals surface area contributed by atoms with E-state index in [-0.39, 0.29) is 5.91 Å². The van der Waals surface area contributed by atoms with E-state index >= 15 is 0 Å². The van der Waals surface area contributed by atoms with Crippen molar-refractivity contribution in [3.63, 3.8) is 0 Å². The summed E-state index contributed by atoms with van der Waals surface area (Å²) in [4.78, 5) is 29.2. The fraction of sp³-hybridized carbons (Fsp3) is 0.684. The molecule has 27 heavy (non-hydrogen) atoms. The number of hydrogen-bond acceptors (Lipinski definition) is 5. The zero-order valence-electron chi connectivity index (χ0n) is 16.8. The molecule has 8 nitrogen and oxygen atoms in total.